The molecular weight excluding hydrogens is 286 g/mol. The van der Waals surface area contributed by atoms with Gasteiger partial charge in [0.25, 0.3) is 0 Å². The molecule has 0 saturated carbocycles. The van der Waals surface area contributed by atoms with E-state index >= 15 is 0 Å². The molecule has 0 bridgehead atoms. The smallest absolute Gasteiger partial charge is 0.227 e. The van der Waals surface area contributed by atoms with E-state index in [1.165, 1.54) is 89.9 Å². The normalized spacial score (nSPS) is 13.7. The molecule has 136 valence electrons. The largest absolute Gasteiger partial charge is 0.296 e. The van der Waals surface area contributed by atoms with E-state index < -0.39 is 0 Å². The van der Waals surface area contributed by atoms with E-state index in [2.05, 4.69) is 19.2 Å². The van der Waals surface area contributed by atoms with Crippen LogP contribution in [0.5, 0.6) is 0 Å². The molecule has 0 unspecified atom stereocenters. The first kappa shape index (κ1) is 22.1. The molecule has 3 heteroatoms. The van der Waals surface area contributed by atoms with Crippen molar-refractivity contribution in [3.8, 4) is 0 Å². The highest BCUT2D eigenvalue weighted by atomic mass is 16.2. The highest BCUT2D eigenvalue weighted by molar-refractivity contribution is 6.01. The maximum absolute atomic E-state index is 10.1. The number of hydrogen-bond acceptors (Lipinski definition) is 2. The fourth-order valence-electron chi connectivity index (χ4n) is 2.78. The van der Waals surface area contributed by atoms with Gasteiger partial charge in [-0.2, -0.15) is 0 Å². The fraction of sp³-hybridized carbons (Fsp3) is 0.900. The van der Waals surface area contributed by atoms with Crippen LogP contribution in [0.2, 0.25) is 0 Å². The summed E-state index contributed by atoms with van der Waals surface area (Å²) >= 11 is 0. The third-order valence-corrected chi connectivity index (χ3v) is 4.32. The fourth-order valence-corrected chi connectivity index (χ4v) is 2.78. The quantitative estimate of drug-likeness (QED) is 0.338. The second-order valence-electron chi connectivity index (χ2n) is 6.71. The maximum atomic E-state index is 10.1. The summed E-state index contributed by atoms with van der Waals surface area (Å²) in [5, 5.41) is 2.14. The number of hydrogen-bond donors (Lipinski definition) is 1. The number of carbonyl (C=O) groups excluding carboxylic acids is 2. The first-order valence-electron chi connectivity index (χ1n) is 10.0. The van der Waals surface area contributed by atoms with Gasteiger partial charge in [-0.25, -0.2) is 0 Å². The van der Waals surface area contributed by atoms with Gasteiger partial charge in [-0.3, -0.25) is 14.9 Å². The van der Waals surface area contributed by atoms with Gasteiger partial charge in [0.05, 0.1) is 0 Å². The van der Waals surface area contributed by atoms with Crippen molar-refractivity contribution in [2.45, 2.75) is 117 Å². The summed E-state index contributed by atoms with van der Waals surface area (Å²) in [5.74, 6) is -0.296. The summed E-state index contributed by atoms with van der Waals surface area (Å²) < 4.78 is 0. The molecule has 0 atom stereocenters. The Morgan fingerprint density at radius 2 is 0.826 bits per heavy atom. The van der Waals surface area contributed by atoms with Gasteiger partial charge in [0.1, 0.15) is 0 Å². The standard InChI is InChI=1S/C16H34.C4H5NO2/c1-3-5-7-9-11-13-15-16-14-12-10-8-6-4-2;6-3-1-2-4(7)5-3/h3-16H2,1-2H3;1-2H2,(H,5,6,7). The van der Waals surface area contributed by atoms with Crippen molar-refractivity contribution < 1.29 is 9.59 Å². The van der Waals surface area contributed by atoms with Gasteiger partial charge in [0, 0.05) is 12.8 Å². The minimum Gasteiger partial charge on any atom is -0.296 e. The summed E-state index contributed by atoms with van der Waals surface area (Å²) in [7, 11) is 0. The summed E-state index contributed by atoms with van der Waals surface area (Å²) in [6, 6.07) is 0. The summed E-state index contributed by atoms with van der Waals surface area (Å²) in [6.45, 7) is 4.58. The van der Waals surface area contributed by atoms with Crippen LogP contribution in [0.25, 0.3) is 0 Å². The SMILES string of the molecule is CCCCCCCCCCCCCCCC.O=C1CCC(=O)N1. The van der Waals surface area contributed by atoms with Crippen LogP contribution < -0.4 is 5.32 Å². The van der Waals surface area contributed by atoms with Crippen molar-refractivity contribution in [3.05, 3.63) is 0 Å². The lowest BCUT2D eigenvalue weighted by Gasteiger charge is -2.02. The Kier molecular flexibility index (Phi) is 16.8. The van der Waals surface area contributed by atoms with E-state index in [-0.39, 0.29) is 11.8 Å². The summed E-state index contributed by atoms with van der Waals surface area (Å²) in [5.41, 5.74) is 0. The van der Waals surface area contributed by atoms with E-state index in [0.717, 1.165) is 0 Å². The number of unbranched alkanes of at least 4 members (excludes halogenated alkanes) is 13. The van der Waals surface area contributed by atoms with Gasteiger partial charge in [-0.05, 0) is 0 Å². The van der Waals surface area contributed by atoms with E-state index in [4.69, 9.17) is 0 Å². The third-order valence-electron chi connectivity index (χ3n) is 4.32. The Morgan fingerprint density at radius 3 is 1.00 bits per heavy atom. The molecule has 0 aromatic carbocycles. The number of imide groups is 1. The molecule has 0 aromatic rings. The number of rotatable bonds is 13. The van der Waals surface area contributed by atoms with Crippen LogP contribution in [-0.4, -0.2) is 11.8 Å². The lowest BCUT2D eigenvalue weighted by molar-refractivity contribution is -0.124. The zero-order chi connectivity index (χ0) is 17.2. The molecule has 1 N–H and O–H groups in total. The van der Waals surface area contributed by atoms with Gasteiger partial charge in [-0.15, -0.1) is 0 Å². The highest BCUT2D eigenvalue weighted by Crippen LogP contribution is 2.12. The van der Waals surface area contributed by atoms with Crippen LogP contribution in [0, 0.1) is 0 Å². The first-order chi connectivity index (χ1) is 11.2. The molecule has 2 amide bonds. The van der Waals surface area contributed by atoms with E-state index in [9.17, 15) is 9.59 Å². The van der Waals surface area contributed by atoms with Crippen LogP contribution in [-0.2, 0) is 9.59 Å². The predicted molar refractivity (Wildman–Crippen MR) is 98.4 cm³/mol. The Morgan fingerprint density at radius 1 is 0.565 bits per heavy atom. The summed E-state index contributed by atoms with van der Waals surface area (Å²) in [6.07, 6.45) is 21.2. The lowest BCUT2D eigenvalue weighted by Crippen LogP contribution is -2.18. The monoisotopic (exact) mass is 325 g/mol. The average molecular weight is 326 g/mol. The molecule has 1 fully saturated rings. The minimum atomic E-state index is -0.148. The Bertz CT molecular complexity index is 261. The van der Waals surface area contributed by atoms with Crippen molar-refractivity contribution in [1.82, 2.24) is 5.32 Å². The zero-order valence-electron chi connectivity index (χ0n) is 15.6. The molecule has 0 aromatic heterocycles. The van der Waals surface area contributed by atoms with E-state index in [1.807, 2.05) is 0 Å². The molecule has 1 rings (SSSR count). The Balaban J connectivity index is 0.000000568. The third kappa shape index (κ3) is 17.3. The second kappa shape index (κ2) is 17.5. The molecule has 1 aliphatic heterocycles. The van der Waals surface area contributed by atoms with Gasteiger partial charge in [0.2, 0.25) is 11.8 Å². The van der Waals surface area contributed by atoms with Crippen molar-refractivity contribution in [2.75, 3.05) is 0 Å². The molecule has 0 aliphatic carbocycles. The molecule has 0 spiro atoms. The Hall–Kier alpha value is -0.860. The van der Waals surface area contributed by atoms with Gasteiger partial charge in [-0.1, -0.05) is 104 Å². The molecule has 0 radical (unpaired) electrons. The predicted octanol–water partition coefficient (Wildman–Crippen LogP) is 5.91. The minimum absolute atomic E-state index is 0.148. The van der Waals surface area contributed by atoms with Crippen molar-refractivity contribution in [3.63, 3.8) is 0 Å². The van der Waals surface area contributed by atoms with Gasteiger partial charge >= 0.3 is 0 Å². The topological polar surface area (TPSA) is 46.2 Å². The molecule has 1 saturated heterocycles. The van der Waals surface area contributed by atoms with Crippen molar-refractivity contribution in [1.29, 1.82) is 0 Å². The Labute approximate surface area is 144 Å². The van der Waals surface area contributed by atoms with Crippen LogP contribution in [0.1, 0.15) is 117 Å². The average Bonchev–Trinajstić information content (AvgIpc) is 2.92. The van der Waals surface area contributed by atoms with Crippen LogP contribution in [0.4, 0.5) is 0 Å². The van der Waals surface area contributed by atoms with Crippen molar-refractivity contribution >= 4 is 11.8 Å². The molecule has 1 aliphatic rings. The molecule has 3 nitrogen and oxygen atoms in total. The molecular formula is C20H39NO2. The van der Waals surface area contributed by atoms with E-state index in [1.54, 1.807) is 0 Å². The second-order valence-corrected chi connectivity index (χ2v) is 6.71. The lowest BCUT2D eigenvalue weighted by atomic mass is 10.0. The number of nitrogens with one attached hydrogen (secondary N) is 1. The van der Waals surface area contributed by atoms with Crippen LogP contribution in [0.15, 0.2) is 0 Å². The van der Waals surface area contributed by atoms with Crippen molar-refractivity contribution in [2.24, 2.45) is 0 Å². The summed E-state index contributed by atoms with van der Waals surface area (Å²) in [4.78, 5) is 20.2. The molecule has 23 heavy (non-hydrogen) atoms. The van der Waals surface area contributed by atoms with Crippen LogP contribution >= 0.6 is 0 Å². The molecule has 1 heterocycles. The zero-order valence-corrected chi connectivity index (χ0v) is 15.6. The van der Waals surface area contributed by atoms with Gasteiger partial charge < -0.3 is 0 Å². The van der Waals surface area contributed by atoms with E-state index in [0.29, 0.717) is 12.8 Å². The maximum Gasteiger partial charge on any atom is 0.227 e. The highest BCUT2D eigenvalue weighted by Gasteiger charge is 2.15. The number of amides is 2. The first-order valence-corrected chi connectivity index (χ1v) is 10.0. The van der Waals surface area contributed by atoms with Gasteiger partial charge in [0.15, 0.2) is 0 Å². The number of carbonyl (C=O) groups is 2. The van der Waals surface area contributed by atoms with Crippen LogP contribution in [0.3, 0.4) is 0 Å².